The second-order valence-electron chi connectivity index (χ2n) is 7.55. The monoisotopic (exact) mass is 492 g/mol. The summed E-state index contributed by atoms with van der Waals surface area (Å²) in [5.41, 5.74) is 4.56. The van der Waals surface area contributed by atoms with E-state index >= 15 is 0 Å². The fourth-order valence-corrected chi connectivity index (χ4v) is 5.34. The van der Waals surface area contributed by atoms with Crippen molar-refractivity contribution in [2.45, 2.75) is 16.7 Å². The van der Waals surface area contributed by atoms with Gasteiger partial charge in [0.25, 0.3) is 5.91 Å². The van der Waals surface area contributed by atoms with Gasteiger partial charge in [0.05, 0.1) is 16.8 Å². The normalized spacial score (nSPS) is 11.4. The summed E-state index contributed by atoms with van der Waals surface area (Å²) in [5.74, 6) is 0.211. The summed E-state index contributed by atoms with van der Waals surface area (Å²) < 4.78 is 26.5. The zero-order valence-electron chi connectivity index (χ0n) is 18.3. The number of nitrogens with one attached hydrogen (secondary N) is 3. The molecule has 0 unspecified atom stereocenters. The maximum Gasteiger partial charge on any atom is 0.255 e. The van der Waals surface area contributed by atoms with Gasteiger partial charge in [0.2, 0.25) is 10.0 Å². The Bertz CT molecular complexity index is 1380. The number of rotatable bonds is 10. The zero-order valence-corrected chi connectivity index (χ0v) is 20.0. The molecule has 3 N–H and O–H groups in total. The second kappa shape index (κ2) is 10.7. The van der Waals surface area contributed by atoms with Crippen molar-refractivity contribution in [3.8, 4) is 0 Å². The molecule has 0 saturated heterocycles. The molecule has 0 aliphatic rings. The van der Waals surface area contributed by atoms with E-state index < -0.39 is 10.0 Å². The maximum atomic E-state index is 13.0. The smallest absolute Gasteiger partial charge is 0.255 e. The molecule has 0 aliphatic heterocycles. The first kappa shape index (κ1) is 23.7. The SMILES string of the molecule is C=CCNS(=O)(=O)Cc1ccc(NC(=O)c2ccccc2CSc2nc3ccccc3[nH]2)cc1. The van der Waals surface area contributed by atoms with E-state index in [-0.39, 0.29) is 18.2 Å². The molecule has 0 radical (unpaired) electrons. The Morgan fingerprint density at radius 2 is 1.76 bits per heavy atom. The van der Waals surface area contributed by atoms with E-state index in [2.05, 4.69) is 26.6 Å². The van der Waals surface area contributed by atoms with E-state index in [1.807, 2.05) is 42.5 Å². The predicted octanol–water partition coefficient (Wildman–Crippen LogP) is 4.71. The van der Waals surface area contributed by atoms with Gasteiger partial charge in [0.15, 0.2) is 5.16 Å². The Kier molecular flexibility index (Phi) is 7.46. The highest BCUT2D eigenvalue weighted by Crippen LogP contribution is 2.25. The van der Waals surface area contributed by atoms with E-state index in [9.17, 15) is 13.2 Å². The van der Waals surface area contributed by atoms with Gasteiger partial charge in [-0.1, -0.05) is 60.3 Å². The van der Waals surface area contributed by atoms with Crippen LogP contribution in [0.3, 0.4) is 0 Å². The first-order valence-electron chi connectivity index (χ1n) is 10.6. The highest BCUT2D eigenvalue weighted by Gasteiger charge is 2.14. The summed E-state index contributed by atoms with van der Waals surface area (Å²) in [6, 6.07) is 22.0. The molecule has 4 rings (SSSR count). The number of nitrogens with zero attached hydrogens (tertiary/aromatic N) is 1. The van der Waals surface area contributed by atoms with Gasteiger partial charge in [-0.15, -0.1) is 6.58 Å². The number of amides is 1. The molecular formula is C25H24N4O3S2. The van der Waals surface area contributed by atoms with Crippen molar-refractivity contribution >= 4 is 44.4 Å². The molecule has 0 fully saturated rings. The van der Waals surface area contributed by atoms with Gasteiger partial charge in [0.1, 0.15) is 0 Å². The zero-order chi connectivity index (χ0) is 24.0. The number of imidazole rings is 1. The summed E-state index contributed by atoms with van der Waals surface area (Å²) >= 11 is 1.53. The molecule has 0 aliphatic carbocycles. The second-order valence-corrected chi connectivity index (χ2v) is 10.3. The number of carbonyl (C=O) groups is 1. The largest absolute Gasteiger partial charge is 0.333 e. The predicted molar refractivity (Wildman–Crippen MR) is 137 cm³/mol. The fraction of sp³-hybridized carbons (Fsp3) is 0.120. The van der Waals surface area contributed by atoms with Crippen LogP contribution in [0.4, 0.5) is 5.69 Å². The van der Waals surface area contributed by atoms with Gasteiger partial charge < -0.3 is 10.3 Å². The Labute approximate surface area is 202 Å². The van der Waals surface area contributed by atoms with Crippen molar-refractivity contribution in [1.29, 1.82) is 0 Å². The molecular weight excluding hydrogens is 468 g/mol. The number of carbonyl (C=O) groups excluding carboxylic acids is 1. The van der Waals surface area contributed by atoms with Crippen LogP contribution in [-0.4, -0.2) is 30.8 Å². The average molecular weight is 493 g/mol. The molecule has 1 amide bonds. The fourth-order valence-electron chi connectivity index (χ4n) is 3.35. The third-order valence-corrected chi connectivity index (χ3v) is 7.25. The van der Waals surface area contributed by atoms with Crippen molar-refractivity contribution < 1.29 is 13.2 Å². The van der Waals surface area contributed by atoms with Crippen molar-refractivity contribution in [2.24, 2.45) is 0 Å². The van der Waals surface area contributed by atoms with Crippen LogP contribution in [0, 0.1) is 0 Å². The summed E-state index contributed by atoms with van der Waals surface area (Å²) in [4.78, 5) is 20.8. The average Bonchev–Trinajstić information content (AvgIpc) is 3.26. The van der Waals surface area contributed by atoms with Crippen LogP contribution in [0.5, 0.6) is 0 Å². The molecule has 9 heteroatoms. The first-order valence-corrected chi connectivity index (χ1v) is 13.2. The van der Waals surface area contributed by atoms with E-state index in [0.717, 1.165) is 21.8 Å². The van der Waals surface area contributed by atoms with Crippen molar-refractivity contribution in [2.75, 3.05) is 11.9 Å². The molecule has 0 spiro atoms. The number of benzene rings is 3. The van der Waals surface area contributed by atoms with E-state index in [4.69, 9.17) is 0 Å². The van der Waals surface area contributed by atoms with Crippen LogP contribution in [0.25, 0.3) is 11.0 Å². The molecule has 0 atom stereocenters. The van der Waals surface area contributed by atoms with Gasteiger partial charge >= 0.3 is 0 Å². The van der Waals surface area contributed by atoms with E-state index in [0.29, 0.717) is 22.6 Å². The summed E-state index contributed by atoms with van der Waals surface area (Å²) in [5, 5.41) is 3.69. The Morgan fingerprint density at radius 1 is 1.03 bits per heavy atom. The standard InChI is InChI=1S/C25H24N4O3S2/c1-2-15-26-34(31,32)17-18-11-13-20(14-12-18)27-24(30)21-8-4-3-7-19(21)16-33-25-28-22-9-5-6-10-23(22)29-25/h2-14,26H,1,15-17H2,(H,27,30)(H,28,29). The molecule has 3 aromatic carbocycles. The van der Waals surface area contributed by atoms with E-state index in [1.54, 1.807) is 30.3 Å². The lowest BCUT2D eigenvalue weighted by molar-refractivity contribution is 0.102. The lowest BCUT2D eigenvalue weighted by Gasteiger charge is -2.10. The first-order chi connectivity index (χ1) is 16.4. The summed E-state index contributed by atoms with van der Waals surface area (Å²) in [6.07, 6.45) is 1.49. The maximum absolute atomic E-state index is 13.0. The lowest BCUT2D eigenvalue weighted by atomic mass is 10.1. The topological polar surface area (TPSA) is 104 Å². The third kappa shape index (κ3) is 6.13. The summed E-state index contributed by atoms with van der Waals surface area (Å²) in [6.45, 7) is 3.69. The molecule has 174 valence electrons. The number of sulfonamides is 1. The molecule has 7 nitrogen and oxygen atoms in total. The van der Waals surface area contributed by atoms with E-state index in [1.165, 1.54) is 17.8 Å². The number of fused-ring (bicyclic) bond motifs is 1. The molecule has 4 aromatic rings. The molecule has 0 saturated carbocycles. The number of aromatic amines is 1. The van der Waals surface area contributed by atoms with Gasteiger partial charge in [-0.3, -0.25) is 4.79 Å². The Morgan fingerprint density at radius 3 is 2.53 bits per heavy atom. The number of hydrogen-bond donors (Lipinski definition) is 3. The molecule has 1 aromatic heterocycles. The van der Waals surface area contributed by atoms with Gasteiger partial charge in [0, 0.05) is 23.5 Å². The number of hydrogen-bond acceptors (Lipinski definition) is 5. The minimum absolute atomic E-state index is 0.142. The van der Waals surface area contributed by atoms with Crippen LogP contribution >= 0.6 is 11.8 Å². The third-order valence-electron chi connectivity index (χ3n) is 5.01. The number of thioether (sulfide) groups is 1. The molecule has 1 heterocycles. The highest BCUT2D eigenvalue weighted by atomic mass is 32.2. The number of aromatic nitrogens is 2. The Hall–Kier alpha value is -3.40. The number of anilines is 1. The van der Waals surface area contributed by atoms with Crippen LogP contribution in [0.1, 0.15) is 21.5 Å². The lowest BCUT2D eigenvalue weighted by Crippen LogP contribution is -2.25. The number of H-pyrrole nitrogens is 1. The highest BCUT2D eigenvalue weighted by molar-refractivity contribution is 7.98. The molecule has 0 bridgehead atoms. The summed E-state index contributed by atoms with van der Waals surface area (Å²) in [7, 11) is -3.44. The van der Waals surface area contributed by atoms with Crippen LogP contribution < -0.4 is 10.0 Å². The van der Waals surface area contributed by atoms with Crippen LogP contribution in [0.15, 0.2) is 90.6 Å². The molecule has 34 heavy (non-hydrogen) atoms. The van der Waals surface area contributed by atoms with Crippen molar-refractivity contribution in [1.82, 2.24) is 14.7 Å². The number of para-hydroxylation sites is 2. The Balaban J connectivity index is 1.41. The van der Waals surface area contributed by atoms with Gasteiger partial charge in [-0.25, -0.2) is 18.1 Å². The van der Waals surface area contributed by atoms with Crippen LogP contribution in [-0.2, 0) is 21.5 Å². The quantitative estimate of drug-likeness (QED) is 0.220. The van der Waals surface area contributed by atoms with Crippen molar-refractivity contribution in [3.63, 3.8) is 0 Å². The van der Waals surface area contributed by atoms with Crippen molar-refractivity contribution in [3.05, 3.63) is 102 Å². The van der Waals surface area contributed by atoms with Crippen LogP contribution in [0.2, 0.25) is 0 Å². The minimum atomic E-state index is -3.44. The minimum Gasteiger partial charge on any atom is -0.333 e. The van der Waals surface area contributed by atoms with Gasteiger partial charge in [-0.2, -0.15) is 0 Å². The van der Waals surface area contributed by atoms with Gasteiger partial charge in [-0.05, 0) is 41.5 Å².